The summed E-state index contributed by atoms with van der Waals surface area (Å²) in [5.74, 6) is 0.673. The van der Waals surface area contributed by atoms with Crippen molar-refractivity contribution in [1.82, 2.24) is 10.3 Å². The Morgan fingerprint density at radius 2 is 2.31 bits per heavy atom. The molecule has 1 aliphatic carbocycles. The third-order valence-electron chi connectivity index (χ3n) is 3.23. The van der Waals surface area contributed by atoms with Crippen LogP contribution in [0.15, 0.2) is 0 Å². The number of nitrogens with one attached hydrogen (secondary N) is 1. The largest absolute Gasteiger partial charge is 0.316 e. The van der Waals surface area contributed by atoms with Gasteiger partial charge in [-0.3, -0.25) is 0 Å². The van der Waals surface area contributed by atoms with E-state index in [9.17, 15) is 0 Å². The van der Waals surface area contributed by atoms with Crippen LogP contribution in [0.5, 0.6) is 0 Å². The molecule has 1 aromatic rings. The molecule has 2 nitrogen and oxygen atoms in total. The van der Waals surface area contributed by atoms with Crippen molar-refractivity contribution in [2.75, 3.05) is 13.1 Å². The highest BCUT2D eigenvalue weighted by Crippen LogP contribution is 2.34. The molecule has 1 aliphatic rings. The summed E-state index contributed by atoms with van der Waals surface area (Å²) in [6.07, 6.45) is 6.23. The number of hydrogen-bond donors (Lipinski definition) is 1. The van der Waals surface area contributed by atoms with E-state index >= 15 is 0 Å². The highest BCUT2D eigenvalue weighted by Gasteiger charge is 2.23. The maximum Gasteiger partial charge on any atom is 0.0928 e. The summed E-state index contributed by atoms with van der Waals surface area (Å²) in [5.41, 5.74) is 1.41. The third kappa shape index (κ3) is 2.64. The average Bonchev–Trinajstić information content (AvgIpc) is 2.73. The van der Waals surface area contributed by atoms with Crippen molar-refractivity contribution in [2.45, 2.75) is 51.9 Å². The number of hydrogen-bond acceptors (Lipinski definition) is 3. The lowest BCUT2D eigenvalue weighted by Crippen LogP contribution is -2.24. The van der Waals surface area contributed by atoms with Gasteiger partial charge < -0.3 is 5.32 Å². The second-order valence-electron chi connectivity index (χ2n) is 4.56. The number of aryl methyl sites for hydroxylation is 2. The van der Waals surface area contributed by atoms with Crippen molar-refractivity contribution in [3.63, 3.8) is 0 Å². The van der Waals surface area contributed by atoms with Crippen LogP contribution in [0, 0.1) is 0 Å². The minimum absolute atomic E-state index is 0.673. The van der Waals surface area contributed by atoms with E-state index in [-0.39, 0.29) is 0 Å². The Morgan fingerprint density at radius 1 is 1.44 bits per heavy atom. The van der Waals surface area contributed by atoms with Crippen molar-refractivity contribution in [2.24, 2.45) is 0 Å². The van der Waals surface area contributed by atoms with Crippen LogP contribution in [-0.2, 0) is 12.8 Å². The van der Waals surface area contributed by atoms with Crippen molar-refractivity contribution in [3.05, 3.63) is 15.6 Å². The van der Waals surface area contributed by atoms with E-state index < -0.39 is 0 Å². The summed E-state index contributed by atoms with van der Waals surface area (Å²) < 4.78 is 0. The van der Waals surface area contributed by atoms with Crippen molar-refractivity contribution in [1.29, 1.82) is 0 Å². The fourth-order valence-corrected chi connectivity index (χ4v) is 3.50. The van der Waals surface area contributed by atoms with E-state index in [4.69, 9.17) is 4.98 Å². The summed E-state index contributed by atoms with van der Waals surface area (Å²) in [5, 5.41) is 4.86. The summed E-state index contributed by atoms with van der Waals surface area (Å²) >= 11 is 1.94. The number of rotatable bonds is 5. The van der Waals surface area contributed by atoms with E-state index in [1.54, 1.807) is 4.88 Å². The van der Waals surface area contributed by atoms with Gasteiger partial charge in [-0.2, -0.15) is 0 Å². The molecule has 0 aromatic carbocycles. The Bertz CT molecular complexity index is 333. The monoisotopic (exact) mass is 238 g/mol. The number of nitrogens with zero attached hydrogens (tertiary/aromatic N) is 1. The molecule has 0 radical (unpaired) electrons. The van der Waals surface area contributed by atoms with Crippen LogP contribution < -0.4 is 5.32 Å². The zero-order valence-corrected chi connectivity index (χ0v) is 11.2. The number of thiazole rings is 1. The van der Waals surface area contributed by atoms with Gasteiger partial charge >= 0.3 is 0 Å². The van der Waals surface area contributed by atoms with Crippen molar-refractivity contribution < 1.29 is 0 Å². The maximum absolute atomic E-state index is 4.81. The summed E-state index contributed by atoms with van der Waals surface area (Å²) in [4.78, 5) is 6.37. The molecule has 90 valence electrons. The quantitative estimate of drug-likeness (QED) is 0.797. The molecule has 16 heavy (non-hydrogen) atoms. The molecule has 0 saturated carbocycles. The minimum Gasteiger partial charge on any atom is -0.316 e. The van der Waals surface area contributed by atoms with Crippen molar-refractivity contribution >= 4 is 11.3 Å². The number of aromatic nitrogens is 1. The summed E-state index contributed by atoms with van der Waals surface area (Å²) in [6, 6.07) is 0. The first-order valence-electron chi connectivity index (χ1n) is 6.54. The van der Waals surface area contributed by atoms with E-state index in [1.165, 1.54) is 36.4 Å². The third-order valence-corrected chi connectivity index (χ3v) is 4.51. The van der Waals surface area contributed by atoms with Gasteiger partial charge in [-0.05, 0) is 38.6 Å². The average molecular weight is 238 g/mol. The van der Waals surface area contributed by atoms with Crippen LogP contribution in [0.2, 0.25) is 0 Å². The van der Waals surface area contributed by atoms with Gasteiger partial charge in [0, 0.05) is 17.3 Å². The second kappa shape index (κ2) is 5.78. The zero-order valence-electron chi connectivity index (χ0n) is 10.4. The Balaban J connectivity index is 2.03. The predicted molar refractivity (Wildman–Crippen MR) is 70.3 cm³/mol. The topological polar surface area (TPSA) is 24.9 Å². The first-order valence-corrected chi connectivity index (χ1v) is 7.36. The lowest BCUT2D eigenvalue weighted by atomic mass is 9.91. The molecule has 2 rings (SSSR count). The van der Waals surface area contributed by atoms with Crippen LogP contribution >= 0.6 is 11.3 Å². The Morgan fingerprint density at radius 3 is 3.06 bits per heavy atom. The molecule has 1 N–H and O–H groups in total. The smallest absolute Gasteiger partial charge is 0.0928 e. The molecule has 0 saturated heterocycles. The van der Waals surface area contributed by atoms with Gasteiger partial charge in [0.1, 0.15) is 0 Å². The molecule has 1 aromatic heterocycles. The lowest BCUT2D eigenvalue weighted by Gasteiger charge is -2.21. The van der Waals surface area contributed by atoms with Gasteiger partial charge in [0.2, 0.25) is 0 Å². The Hall–Kier alpha value is -0.410. The molecule has 0 aliphatic heterocycles. The standard InChI is InChI=1S/C13H22N2S/c1-3-8-14-9-10-6-5-7-11-13(10)15-12(4-2)16-11/h10,14H,3-9H2,1-2H3. The maximum atomic E-state index is 4.81. The zero-order chi connectivity index (χ0) is 11.4. The van der Waals surface area contributed by atoms with Gasteiger partial charge in [0.25, 0.3) is 0 Å². The van der Waals surface area contributed by atoms with E-state index in [2.05, 4.69) is 19.2 Å². The number of fused-ring (bicyclic) bond motifs is 1. The molecule has 0 fully saturated rings. The van der Waals surface area contributed by atoms with Crippen LogP contribution in [-0.4, -0.2) is 18.1 Å². The van der Waals surface area contributed by atoms with Gasteiger partial charge in [-0.15, -0.1) is 11.3 Å². The predicted octanol–water partition coefficient (Wildman–Crippen LogP) is 3.13. The van der Waals surface area contributed by atoms with Crippen molar-refractivity contribution in [3.8, 4) is 0 Å². The van der Waals surface area contributed by atoms with Crippen LogP contribution in [0.4, 0.5) is 0 Å². The molecular formula is C13H22N2S. The van der Waals surface area contributed by atoms with Gasteiger partial charge in [-0.25, -0.2) is 4.98 Å². The summed E-state index contributed by atoms with van der Waals surface area (Å²) in [7, 11) is 0. The molecule has 0 bridgehead atoms. The first-order chi connectivity index (χ1) is 7.85. The lowest BCUT2D eigenvalue weighted by molar-refractivity contribution is 0.501. The second-order valence-corrected chi connectivity index (χ2v) is 5.73. The fraction of sp³-hybridized carbons (Fsp3) is 0.769. The molecule has 3 heteroatoms. The van der Waals surface area contributed by atoms with E-state index in [1.807, 2.05) is 11.3 Å². The highest BCUT2D eigenvalue weighted by molar-refractivity contribution is 7.11. The van der Waals surface area contributed by atoms with Crippen LogP contribution in [0.3, 0.4) is 0 Å². The Labute approximate surface area is 102 Å². The first kappa shape index (κ1) is 12.1. The summed E-state index contributed by atoms with van der Waals surface area (Å²) in [6.45, 7) is 6.68. The molecular weight excluding hydrogens is 216 g/mol. The molecule has 1 heterocycles. The van der Waals surface area contributed by atoms with E-state index in [0.29, 0.717) is 5.92 Å². The van der Waals surface area contributed by atoms with E-state index in [0.717, 1.165) is 19.5 Å². The minimum atomic E-state index is 0.673. The highest BCUT2D eigenvalue weighted by atomic mass is 32.1. The molecule has 0 amide bonds. The van der Waals surface area contributed by atoms with Gasteiger partial charge in [0.05, 0.1) is 10.7 Å². The molecule has 1 unspecified atom stereocenters. The normalized spacial score (nSPS) is 19.8. The fourth-order valence-electron chi connectivity index (χ4n) is 2.36. The molecule has 0 spiro atoms. The molecule has 1 atom stereocenters. The van der Waals surface area contributed by atoms with Crippen LogP contribution in [0.1, 0.15) is 54.6 Å². The van der Waals surface area contributed by atoms with Gasteiger partial charge in [-0.1, -0.05) is 13.8 Å². The Kier molecular flexibility index (Phi) is 4.36. The SMILES string of the molecule is CCCNCC1CCCc2sc(CC)nc21. The van der Waals surface area contributed by atoms with Gasteiger partial charge in [0.15, 0.2) is 0 Å². The van der Waals surface area contributed by atoms with Crippen LogP contribution in [0.25, 0.3) is 0 Å².